The Morgan fingerprint density at radius 1 is 0.848 bits per heavy atom. The first-order valence-corrected chi connectivity index (χ1v) is 12.5. The van der Waals surface area contributed by atoms with Crippen molar-refractivity contribution in [1.82, 2.24) is 0 Å². The number of hydrogen-bond acceptors (Lipinski definition) is 4. The van der Waals surface area contributed by atoms with Gasteiger partial charge in [-0.3, -0.25) is 4.79 Å². The van der Waals surface area contributed by atoms with E-state index in [9.17, 15) is 13.2 Å². The Bertz CT molecular complexity index is 1250. The molecule has 0 aromatic heterocycles. The SMILES string of the molecule is Cc1ccc(S(=O)(=O)N(C(=O)CCCOc2cc(C)ccc2C)c2cccc(C)c2C)cc1. The van der Waals surface area contributed by atoms with Gasteiger partial charge < -0.3 is 4.74 Å². The van der Waals surface area contributed by atoms with Crippen molar-refractivity contribution >= 4 is 21.6 Å². The van der Waals surface area contributed by atoms with Crippen LogP contribution in [0.15, 0.2) is 65.6 Å². The van der Waals surface area contributed by atoms with E-state index < -0.39 is 15.9 Å². The second kappa shape index (κ2) is 10.2. The average Bonchev–Trinajstić information content (AvgIpc) is 2.77. The molecule has 0 unspecified atom stereocenters. The van der Waals surface area contributed by atoms with Gasteiger partial charge in [-0.1, -0.05) is 42.0 Å². The Morgan fingerprint density at radius 3 is 2.21 bits per heavy atom. The molecule has 174 valence electrons. The first-order valence-electron chi connectivity index (χ1n) is 11.0. The molecule has 1 amide bonds. The Hall–Kier alpha value is -3.12. The van der Waals surface area contributed by atoms with Crippen LogP contribution in [0.3, 0.4) is 0 Å². The lowest BCUT2D eigenvalue weighted by Gasteiger charge is -2.25. The van der Waals surface area contributed by atoms with Crippen LogP contribution in [0.1, 0.15) is 40.7 Å². The highest BCUT2D eigenvalue weighted by molar-refractivity contribution is 7.93. The summed E-state index contributed by atoms with van der Waals surface area (Å²) in [5.41, 5.74) is 5.12. The van der Waals surface area contributed by atoms with Crippen LogP contribution in [0.25, 0.3) is 0 Å². The molecule has 0 aliphatic heterocycles. The molecular weight excluding hydrogens is 434 g/mol. The van der Waals surface area contributed by atoms with Crippen LogP contribution in [0.2, 0.25) is 0 Å². The molecule has 3 aromatic rings. The number of aryl methyl sites for hydroxylation is 4. The van der Waals surface area contributed by atoms with Crippen molar-refractivity contribution in [3.63, 3.8) is 0 Å². The van der Waals surface area contributed by atoms with Gasteiger partial charge in [-0.2, -0.15) is 0 Å². The molecule has 0 saturated carbocycles. The lowest BCUT2D eigenvalue weighted by Crippen LogP contribution is -2.37. The molecule has 0 atom stereocenters. The van der Waals surface area contributed by atoms with E-state index in [1.165, 1.54) is 0 Å². The second-order valence-corrected chi connectivity index (χ2v) is 10.2. The van der Waals surface area contributed by atoms with Gasteiger partial charge in [0.15, 0.2) is 0 Å². The van der Waals surface area contributed by atoms with Crippen molar-refractivity contribution in [3.8, 4) is 5.75 Å². The number of benzene rings is 3. The highest BCUT2D eigenvalue weighted by atomic mass is 32.2. The van der Waals surface area contributed by atoms with Gasteiger partial charge in [0, 0.05) is 6.42 Å². The average molecular weight is 466 g/mol. The lowest BCUT2D eigenvalue weighted by molar-refractivity contribution is -0.117. The normalized spacial score (nSPS) is 11.3. The second-order valence-electron chi connectivity index (χ2n) is 8.42. The number of hydrogen-bond donors (Lipinski definition) is 0. The zero-order chi connectivity index (χ0) is 24.2. The van der Waals surface area contributed by atoms with Crippen molar-refractivity contribution in [2.24, 2.45) is 0 Å². The minimum Gasteiger partial charge on any atom is -0.493 e. The van der Waals surface area contributed by atoms with E-state index in [2.05, 4.69) is 0 Å². The lowest BCUT2D eigenvalue weighted by atomic mass is 10.1. The Morgan fingerprint density at radius 2 is 1.52 bits per heavy atom. The minimum atomic E-state index is -4.07. The van der Waals surface area contributed by atoms with E-state index in [0.717, 1.165) is 37.9 Å². The predicted octanol–water partition coefficient (Wildman–Crippen LogP) is 5.81. The van der Waals surface area contributed by atoms with E-state index in [-0.39, 0.29) is 11.3 Å². The molecule has 6 heteroatoms. The van der Waals surface area contributed by atoms with Gasteiger partial charge in [0.1, 0.15) is 5.75 Å². The third-order valence-electron chi connectivity index (χ3n) is 5.72. The summed E-state index contributed by atoms with van der Waals surface area (Å²) in [5.74, 6) is 0.301. The van der Waals surface area contributed by atoms with Gasteiger partial charge in [0.25, 0.3) is 10.0 Å². The van der Waals surface area contributed by atoms with Crippen LogP contribution in [-0.2, 0) is 14.8 Å². The molecule has 0 heterocycles. The maximum atomic E-state index is 13.6. The molecule has 0 N–H and O–H groups in total. The number of carbonyl (C=O) groups is 1. The van der Waals surface area contributed by atoms with Gasteiger partial charge in [-0.05, 0) is 87.6 Å². The number of rotatable bonds is 8. The van der Waals surface area contributed by atoms with Crippen LogP contribution in [0.5, 0.6) is 5.75 Å². The molecule has 0 aliphatic carbocycles. The fourth-order valence-corrected chi connectivity index (χ4v) is 5.05. The van der Waals surface area contributed by atoms with Crippen molar-refractivity contribution in [2.75, 3.05) is 10.9 Å². The smallest absolute Gasteiger partial charge is 0.270 e. The number of anilines is 1. The zero-order valence-corrected chi connectivity index (χ0v) is 20.7. The molecule has 0 aliphatic rings. The first kappa shape index (κ1) is 24.5. The third-order valence-corrected chi connectivity index (χ3v) is 7.47. The molecule has 33 heavy (non-hydrogen) atoms. The van der Waals surface area contributed by atoms with E-state index in [4.69, 9.17) is 4.74 Å². The van der Waals surface area contributed by atoms with Crippen molar-refractivity contribution in [2.45, 2.75) is 52.4 Å². The summed E-state index contributed by atoms with van der Waals surface area (Å²) in [6.07, 6.45) is 0.445. The van der Waals surface area contributed by atoms with Gasteiger partial charge in [-0.25, -0.2) is 12.7 Å². The maximum absolute atomic E-state index is 13.6. The summed E-state index contributed by atoms with van der Waals surface area (Å²) in [5, 5.41) is 0. The van der Waals surface area contributed by atoms with E-state index in [0.29, 0.717) is 18.7 Å². The molecule has 3 rings (SSSR count). The summed E-state index contributed by atoms with van der Waals surface area (Å²) in [7, 11) is -4.07. The van der Waals surface area contributed by atoms with Gasteiger partial charge >= 0.3 is 0 Å². The molecule has 0 saturated heterocycles. The summed E-state index contributed by atoms with van der Waals surface area (Å²) >= 11 is 0. The molecule has 5 nitrogen and oxygen atoms in total. The summed E-state index contributed by atoms with van der Waals surface area (Å²) in [4.78, 5) is 13.4. The third kappa shape index (κ3) is 5.63. The monoisotopic (exact) mass is 465 g/mol. The Labute approximate surface area is 197 Å². The van der Waals surface area contributed by atoms with E-state index >= 15 is 0 Å². The van der Waals surface area contributed by atoms with Gasteiger partial charge in [-0.15, -0.1) is 0 Å². The molecule has 0 spiro atoms. The molecule has 0 bridgehead atoms. The van der Waals surface area contributed by atoms with Gasteiger partial charge in [0.2, 0.25) is 5.91 Å². The van der Waals surface area contributed by atoms with Crippen LogP contribution in [-0.4, -0.2) is 20.9 Å². The summed E-state index contributed by atoms with van der Waals surface area (Å²) in [6.45, 7) is 9.91. The molecule has 3 aromatic carbocycles. The number of amides is 1. The largest absolute Gasteiger partial charge is 0.493 e. The number of sulfonamides is 1. The van der Waals surface area contributed by atoms with Crippen LogP contribution in [0, 0.1) is 34.6 Å². The van der Waals surface area contributed by atoms with E-state index in [1.807, 2.05) is 58.9 Å². The summed E-state index contributed by atoms with van der Waals surface area (Å²) in [6, 6.07) is 17.9. The predicted molar refractivity (Wildman–Crippen MR) is 132 cm³/mol. The summed E-state index contributed by atoms with van der Waals surface area (Å²) < 4.78 is 33.9. The fraction of sp³-hybridized carbons (Fsp3) is 0.296. The number of carbonyl (C=O) groups excluding carboxylic acids is 1. The minimum absolute atomic E-state index is 0.0450. The van der Waals surface area contributed by atoms with Crippen molar-refractivity contribution in [1.29, 1.82) is 0 Å². The number of ether oxygens (including phenoxy) is 1. The van der Waals surface area contributed by atoms with E-state index in [1.54, 1.807) is 36.4 Å². The molecule has 0 fully saturated rings. The van der Waals surface area contributed by atoms with Crippen LogP contribution in [0.4, 0.5) is 5.69 Å². The highest BCUT2D eigenvalue weighted by Gasteiger charge is 2.31. The number of nitrogens with zero attached hydrogens (tertiary/aromatic N) is 1. The Balaban J connectivity index is 1.84. The quantitative estimate of drug-likeness (QED) is 0.394. The standard InChI is InChI=1S/C27H31NO4S/c1-19-12-15-24(16-13-19)33(30,31)28(25-9-6-8-21(3)23(25)5)27(29)10-7-17-32-26-18-20(2)11-14-22(26)4/h6,8-9,11-16,18H,7,10,17H2,1-5H3. The van der Waals surface area contributed by atoms with Crippen molar-refractivity contribution in [3.05, 3.63) is 88.5 Å². The Kier molecular flexibility index (Phi) is 7.59. The van der Waals surface area contributed by atoms with Crippen LogP contribution < -0.4 is 9.04 Å². The van der Waals surface area contributed by atoms with Crippen molar-refractivity contribution < 1.29 is 17.9 Å². The first-order chi connectivity index (χ1) is 15.6. The molecular formula is C27H31NO4S. The van der Waals surface area contributed by atoms with Gasteiger partial charge in [0.05, 0.1) is 17.2 Å². The van der Waals surface area contributed by atoms with Crippen LogP contribution >= 0.6 is 0 Å². The fourth-order valence-electron chi connectivity index (χ4n) is 3.54. The molecule has 0 radical (unpaired) electrons. The maximum Gasteiger partial charge on any atom is 0.270 e. The highest BCUT2D eigenvalue weighted by Crippen LogP contribution is 2.30. The zero-order valence-electron chi connectivity index (χ0n) is 19.9. The topological polar surface area (TPSA) is 63.7 Å².